The van der Waals surface area contributed by atoms with Crippen LogP contribution in [0.3, 0.4) is 0 Å². The number of rotatable bonds is 5. The molecule has 2 atom stereocenters. The molecule has 21 heavy (non-hydrogen) atoms. The Hall–Kier alpha value is -1.57. The Morgan fingerprint density at radius 1 is 1.43 bits per heavy atom. The number of aromatic nitrogens is 3. The lowest BCUT2D eigenvalue weighted by Crippen LogP contribution is -2.20. The third kappa shape index (κ3) is 3.04. The minimum absolute atomic E-state index is 0.0577. The van der Waals surface area contributed by atoms with Crippen LogP contribution in [-0.2, 0) is 9.47 Å². The quantitative estimate of drug-likeness (QED) is 0.781. The van der Waals surface area contributed by atoms with Gasteiger partial charge in [0, 0.05) is 0 Å². The van der Waals surface area contributed by atoms with Crippen LogP contribution in [-0.4, -0.2) is 39.8 Å². The van der Waals surface area contributed by atoms with Gasteiger partial charge in [0.15, 0.2) is 5.69 Å². The van der Waals surface area contributed by atoms with Crippen molar-refractivity contribution in [1.82, 2.24) is 15.0 Å². The monoisotopic (exact) mass is 301 g/mol. The van der Waals surface area contributed by atoms with Crippen LogP contribution >= 0.6 is 0 Å². The molecule has 3 rings (SSSR count). The highest BCUT2D eigenvalue weighted by atomic mass is 19.3. The Kier molecular flexibility index (Phi) is 3.88. The first-order chi connectivity index (χ1) is 10.1. The smallest absolute Gasteiger partial charge is 0.361 e. The summed E-state index contributed by atoms with van der Waals surface area (Å²) in [6.07, 6.45) is 0.439. The molecule has 6 nitrogen and oxygen atoms in total. The van der Waals surface area contributed by atoms with Gasteiger partial charge in [-0.25, -0.2) is 18.3 Å². The van der Waals surface area contributed by atoms with Gasteiger partial charge < -0.3 is 9.47 Å². The molecule has 2 heterocycles. The molecule has 1 aromatic rings. The van der Waals surface area contributed by atoms with Crippen molar-refractivity contribution < 1.29 is 23.0 Å². The Morgan fingerprint density at radius 2 is 2.19 bits per heavy atom. The van der Waals surface area contributed by atoms with E-state index in [0.29, 0.717) is 0 Å². The van der Waals surface area contributed by atoms with Gasteiger partial charge in [0.05, 0.1) is 18.2 Å². The van der Waals surface area contributed by atoms with Gasteiger partial charge in [-0.05, 0) is 32.6 Å². The lowest BCUT2D eigenvalue weighted by molar-refractivity contribution is -0.00337. The van der Waals surface area contributed by atoms with Crippen molar-refractivity contribution in [2.24, 2.45) is 0 Å². The summed E-state index contributed by atoms with van der Waals surface area (Å²) < 4.78 is 38.0. The number of hydrogen-bond acceptors (Lipinski definition) is 5. The molecule has 1 aliphatic carbocycles. The van der Waals surface area contributed by atoms with Crippen molar-refractivity contribution >= 4 is 5.97 Å². The molecule has 1 aliphatic heterocycles. The second-order valence-corrected chi connectivity index (χ2v) is 5.54. The Morgan fingerprint density at radius 3 is 2.76 bits per heavy atom. The summed E-state index contributed by atoms with van der Waals surface area (Å²) in [6, 6.07) is -0.0675. The highest BCUT2D eigenvalue weighted by Gasteiger charge is 2.35. The fourth-order valence-corrected chi connectivity index (χ4v) is 2.48. The van der Waals surface area contributed by atoms with E-state index < -0.39 is 18.1 Å². The third-order valence-corrected chi connectivity index (χ3v) is 3.74. The summed E-state index contributed by atoms with van der Waals surface area (Å²) in [7, 11) is 0. The van der Waals surface area contributed by atoms with Gasteiger partial charge in [-0.3, -0.25) is 0 Å². The van der Waals surface area contributed by atoms with Gasteiger partial charge in [0.1, 0.15) is 12.3 Å². The average Bonchev–Trinajstić information content (AvgIpc) is 3.05. The van der Waals surface area contributed by atoms with Crippen molar-refractivity contribution in [3.05, 3.63) is 11.4 Å². The predicted molar refractivity (Wildman–Crippen MR) is 67.1 cm³/mol. The first kappa shape index (κ1) is 14.4. The number of hydrogen-bond donors (Lipinski definition) is 0. The van der Waals surface area contributed by atoms with Crippen LogP contribution < -0.4 is 0 Å². The molecule has 1 saturated heterocycles. The minimum Gasteiger partial charge on any atom is -0.458 e. The van der Waals surface area contributed by atoms with Gasteiger partial charge in [-0.15, -0.1) is 5.10 Å². The first-order valence-corrected chi connectivity index (χ1v) is 7.12. The number of esters is 1. The van der Waals surface area contributed by atoms with Gasteiger partial charge in [0.2, 0.25) is 0 Å². The SMILES string of the molecule is C[C@@H]1CC[C@H](COC(=O)c2nnn(C3CC3)c2C(F)F)O1. The van der Waals surface area contributed by atoms with Crippen molar-refractivity contribution in [3.8, 4) is 0 Å². The first-order valence-electron chi connectivity index (χ1n) is 7.12. The summed E-state index contributed by atoms with van der Waals surface area (Å²) in [6.45, 7) is 2.00. The Balaban J connectivity index is 1.66. The minimum atomic E-state index is -2.80. The van der Waals surface area contributed by atoms with Gasteiger partial charge >= 0.3 is 5.97 Å². The molecule has 1 aromatic heterocycles. The lowest BCUT2D eigenvalue weighted by atomic mass is 10.2. The normalized spacial score (nSPS) is 25.5. The topological polar surface area (TPSA) is 66.2 Å². The largest absolute Gasteiger partial charge is 0.458 e. The zero-order valence-electron chi connectivity index (χ0n) is 11.7. The molecule has 2 fully saturated rings. The fourth-order valence-electron chi connectivity index (χ4n) is 2.48. The molecular formula is C13H17F2N3O3. The molecule has 0 N–H and O–H groups in total. The highest BCUT2D eigenvalue weighted by molar-refractivity contribution is 5.88. The van der Waals surface area contributed by atoms with Gasteiger partial charge in [-0.2, -0.15) is 0 Å². The molecule has 2 aliphatic rings. The Bertz CT molecular complexity index is 531. The van der Waals surface area contributed by atoms with E-state index in [1.807, 2.05) is 6.92 Å². The zero-order chi connectivity index (χ0) is 15.0. The molecule has 0 amide bonds. The van der Waals surface area contributed by atoms with E-state index in [0.717, 1.165) is 30.4 Å². The van der Waals surface area contributed by atoms with E-state index in [1.165, 1.54) is 0 Å². The van der Waals surface area contributed by atoms with Crippen LogP contribution in [0.1, 0.15) is 61.3 Å². The molecule has 0 unspecified atom stereocenters. The van der Waals surface area contributed by atoms with E-state index >= 15 is 0 Å². The number of carbonyl (C=O) groups excluding carboxylic acids is 1. The summed E-state index contributed by atoms with van der Waals surface area (Å²) in [5.41, 5.74) is -0.828. The molecule has 0 aromatic carbocycles. The van der Waals surface area contributed by atoms with Crippen molar-refractivity contribution in [2.45, 2.75) is 57.3 Å². The fraction of sp³-hybridized carbons (Fsp3) is 0.769. The summed E-state index contributed by atoms with van der Waals surface area (Å²) in [5, 5.41) is 7.24. The van der Waals surface area contributed by atoms with Gasteiger partial charge in [-0.1, -0.05) is 5.21 Å². The number of ether oxygens (including phenoxy) is 2. The zero-order valence-corrected chi connectivity index (χ0v) is 11.7. The van der Waals surface area contributed by atoms with Crippen molar-refractivity contribution in [2.75, 3.05) is 6.61 Å². The maximum absolute atomic E-state index is 13.1. The number of nitrogens with zero attached hydrogens (tertiary/aromatic N) is 3. The van der Waals surface area contributed by atoms with Crippen LogP contribution in [0, 0.1) is 0 Å². The maximum atomic E-state index is 13.1. The summed E-state index contributed by atoms with van der Waals surface area (Å²) in [5.74, 6) is -0.861. The van der Waals surface area contributed by atoms with Crippen molar-refractivity contribution in [1.29, 1.82) is 0 Å². The third-order valence-electron chi connectivity index (χ3n) is 3.74. The average molecular weight is 301 g/mol. The molecule has 116 valence electrons. The molecule has 0 spiro atoms. The van der Waals surface area contributed by atoms with E-state index in [-0.39, 0.29) is 30.6 Å². The molecule has 0 bridgehead atoms. The van der Waals surface area contributed by atoms with E-state index in [1.54, 1.807) is 0 Å². The predicted octanol–water partition coefficient (Wildman–Crippen LogP) is 2.27. The maximum Gasteiger partial charge on any atom is 0.361 e. The molecule has 0 radical (unpaired) electrons. The Labute approximate surface area is 120 Å². The molecule has 1 saturated carbocycles. The van der Waals surface area contributed by atoms with Crippen molar-refractivity contribution in [3.63, 3.8) is 0 Å². The van der Waals surface area contributed by atoms with Crippen LogP contribution in [0.2, 0.25) is 0 Å². The molecular weight excluding hydrogens is 284 g/mol. The van der Waals surface area contributed by atoms with Crippen LogP contribution in [0.5, 0.6) is 0 Å². The summed E-state index contributed by atoms with van der Waals surface area (Å²) in [4.78, 5) is 11.9. The van der Waals surface area contributed by atoms with Crippen LogP contribution in [0.4, 0.5) is 8.78 Å². The highest BCUT2D eigenvalue weighted by Crippen LogP contribution is 2.38. The molecule has 8 heteroatoms. The summed E-state index contributed by atoms with van der Waals surface area (Å²) >= 11 is 0. The van der Waals surface area contributed by atoms with E-state index in [4.69, 9.17) is 9.47 Å². The van der Waals surface area contributed by atoms with Gasteiger partial charge in [0.25, 0.3) is 6.43 Å². The van der Waals surface area contributed by atoms with Crippen LogP contribution in [0.25, 0.3) is 0 Å². The van der Waals surface area contributed by atoms with E-state index in [2.05, 4.69) is 10.3 Å². The van der Waals surface area contributed by atoms with E-state index in [9.17, 15) is 13.6 Å². The second-order valence-electron chi connectivity index (χ2n) is 5.54. The number of carbonyl (C=O) groups is 1. The standard InChI is InChI=1S/C13H17F2N3O3/c1-7-2-5-9(21-7)6-20-13(19)10-11(12(14)15)18(17-16-10)8-3-4-8/h7-9,12H,2-6H2,1H3/t7-,9-/m1/s1. The number of halogens is 2. The number of alkyl halides is 2. The van der Waals surface area contributed by atoms with Crippen LogP contribution in [0.15, 0.2) is 0 Å². The second kappa shape index (κ2) is 5.67. The lowest BCUT2D eigenvalue weighted by Gasteiger charge is -2.11.